The SMILES string of the molecule is C=C(CCC1CCC(C(=O)NC2=Nc3ccccc3CC2)CC1)C(=O)Nc1ccccc1C(C)=O. The van der Waals surface area contributed by atoms with Gasteiger partial charge in [-0.3, -0.25) is 14.4 Å². The fraction of sp³-hybridized carbons (Fsp3) is 0.379. The molecule has 1 aliphatic carbocycles. The highest BCUT2D eigenvalue weighted by Crippen LogP contribution is 2.33. The van der Waals surface area contributed by atoms with Gasteiger partial charge >= 0.3 is 0 Å². The maximum atomic E-state index is 12.8. The normalized spacial score (nSPS) is 19.2. The molecule has 2 amide bonds. The number of nitrogens with one attached hydrogen (secondary N) is 2. The van der Waals surface area contributed by atoms with Crippen LogP contribution in [0.15, 0.2) is 65.7 Å². The Morgan fingerprint density at radius 2 is 1.66 bits per heavy atom. The van der Waals surface area contributed by atoms with Crippen molar-refractivity contribution in [3.05, 3.63) is 71.8 Å². The predicted molar refractivity (Wildman–Crippen MR) is 139 cm³/mol. The molecule has 0 unspecified atom stereocenters. The van der Waals surface area contributed by atoms with Crippen molar-refractivity contribution in [1.29, 1.82) is 0 Å². The van der Waals surface area contributed by atoms with E-state index in [9.17, 15) is 14.4 Å². The zero-order chi connectivity index (χ0) is 24.8. The van der Waals surface area contributed by atoms with Crippen molar-refractivity contribution in [2.45, 2.75) is 58.3 Å². The summed E-state index contributed by atoms with van der Waals surface area (Å²) < 4.78 is 0. The Bertz CT molecular complexity index is 1160. The smallest absolute Gasteiger partial charge is 0.251 e. The number of hydrogen-bond donors (Lipinski definition) is 2. The van der Waals surface area contributed by atoms with Gasteiger partial charge in [-0.1, -0.05) is 36.9 Å². The van der Waals surface area contributed by atoms with Crippen molar-refractivity contribution in [3.63, 3.8) is 0 Å². The summed E-state index contributed by atoms with van der Waals surface area (Å²) in [6, 6.07) is 15.1. The van der Waals surface area contributed by atoms with Gasteiger partial charge in [-0.2, -0.15) is 0 Å². The van der Waals surface area contributed by atoms with Crippen molar-refractivity contribution >= 4 is 34.8 Å². The summed E-state index contributed by atoms with van der Waals surface area (Å²) in [7, 11) is 0. The van der Waals surface area contributed by atoms with Crippen LogP contribution in [0.5, 0.6) is 0 Å². The van der Waals surface area contributed by atoms with Gasteiger partial charge < -0.3 is 10.6 Å². The number of rotatable bonds is 7. The van der Waals surface area contributed by atoms with Gasteiger partial charge in [0.15, 0.2) is 5.78 Å². The van der Waals surface area contributed by atoms with E-state index < -0.39 is 0 Å². The van der Waals surface area contributed by atoms with Crippen LogP contribution in [0.25, 0.3) is 0 Å². The number of Topliss-reactive ketones (excluding diaryl/α,β-unsaturated/α-hetero) is 1. The molecule has 182 valence electrons. The van der Waals surface area contributed by atoms with Gasteiger partial charge in [0.2, 0.25) is 5.91 Å². The van der Waals surface area contributed by atoms with E-state index in [1.54, 1.807) is 24.3 Å². The third-order valence-electron chi connectivity index (χ3n) is 7.09. The van der Waals surface area contributed by atoms with Crippen LogP contribution in [0.2, 0.25) is 0 Å². The van der Waals surface area contributed by atoms with Crippen LogP contribution >= 0.6 is 0 Å². The monoisotopic (exact) mass is 471 g/mol. The second-order valence-electron chi connectivity index (χ2n) is 9.59. The number of nitrogens with zero attached hydrogens (tertiary/aromatic N) is 1. The molecule has 2 N–H and O–H groups in total. The van der Waals surface area contributed by atoms with E-state index in [0.717, 1.165) is 56.5 Å². The van der Waals surface area contributed by atoms with Crippen molar-refractivity contribution in [3.8, 4) is 0 Å². The van der Waals surface area contributed by atoms with E-state index in [1.807, 2.05) is 18.2 Å². The number of para-hydroxylation sites is 2. The fourth-order valence-electron chi connectivity index (χ4n) is 4.94. The molecule has 1 heterocycles. The largest absolute Gasteiger partial charge is 0.322 e. The zero-order valence-corrected chi connectivity index (χ0v) is 20.3. The van der Waals surface area contributed by atoms with Gasteiger partial charge in [0.1, 0.15) is 5.84 Å². The lowest BCUT2D eigenvalue weighted by molar-refractivity contribution is -0.124. The zero-order valence-electron chi connectivity index (χ0n) is 20.3. The van der Waals surface area contributed by atoms with E-state index >= 15 is 0 Å². The first kappa shape index (κ1) is 24.6. The fourth-order valence-corrected chi connectivity index (χ4v) is 4.94. The first-order valence-corrected chi connectivity index (χ1v) is 12.5. The van der Waals surface area contributed by atoms with Crippen LogP contribution in [-0.4, -0.2) is 23.4 Å². The van der Waals surface area contributed by atoms with Crippen molar-refractivity contribution in [1.82, 2.24) is 5.32 Å². The van der Waals surface area contributed by atoms with E-state index in [1.165, 1.54) is 12.5 Å². The van der Waals surface area contributed by atoms with Crippen molar-refractivity contribution in [2.24, 2.45) is 16.8 Å². The molecule has 2 aromatic rings. The highest BCUT2D eigenvalue weighted by molar-refractivity contribution is 6.08. The number of carbonyl (C=O) groups excluding carboxylic acids is 3. The van der Waals surface area contributed by atoms with Gasteiger partial charge in [0, 0.05) is 23.5 Å². The summed E-state index contributed by atoms with van der Waals surface area (Å²) in [4.78, 5) is 41.8. The average molecular weight is 472 g/mol. The molecule has 6 nitrogen and oxygen atoms in total. The van der Waals surface area contributed by atoms with E-state index in [0.29, 0.717) is 29.2 Å². The summed E-state index contributed by atoms with van der Waals surface area (Å²) in [5.41, 5.74) is 3.70. The van der Waals surface area contributed by atoms with Gasteiger partial charge in [0.25, 0.3) is 5.91 Å². The second kappa shape index (κ2) is 11.3. The molecule has 2 aromatic carbocycles. The molecule has 35 heavy (non-hydrogen) atoms. The molecule has 1 fully saturated rings. The molecule has 0 atom stereocenters. The molecule has 1 saturated carbocycles. The number of ketones is 1. The number of aliphatic imine (C=N–C) groups is 1. The number of carbonyl (C=O) groups is 3. The number of amidine groups is 1. The minimum absolute atomic E-state index is 0.0145. The quantitative estimate of drug-likeness (QED) is 0.397. The summed E-state index contributed by atoms with van der Waals surface area (Å²) in [5.74, 6) is 1.00. The lowest BCUT2D eigenvalue weighted by Gasteiger charge is -2.28. The molecule has 4 rings (SSSR count). The van der Waals surface area contributed by atoms with Crippen molar-refractivity contribution in [2.75, 3.05) is 5.32 Å². The number of anilines is 1. The van der Waals surface area contributed by atoms with Gasteiger partial charge in [-0.05, 0) is 81.5 Å². The van der Waals surface area contributed by atoms with E-state index in [4.69, 9.17) is 0 Å². The number of amides is 2. The molecule has 1 aliphatic heterocycles. The predicted octanol–water partition coefficient (Wildman–Crippen LogP) is 5.76. The van der Waals surface area contributed by atoms with Gasteiger partial charge in [-0.15, -0.1) is 0 Å². The van der Waals surface area contributed by atoms with E-state index in [-0.39, 0.29) is 23.5 Å². The first-order chi connectivity index (χ1) is 16.9. The Balaban J connectivity index is 1.21. The standard InChI is InChI=1S/C29H33N3O3/c1-19(28(34)31-26-10-6-4-8-24(26)20(2)33)11-12-21-13-15-23(16-14-21)29(35)32-27-18-17-22-7-3-5-9-25(22)30-27/h3-10,21,23H,1,11-18H2,2H3,(H,31,34)(H,30,32,35). The first-order valence-electron chi connectivity index (χ1n) is 12.5. The highest BCUT2D eigenvalue weighted by atomic mass is 16.2. The molecule has 0 aromatic heterocycles. The van der Waals surface area contributed by atoms with Crippen LogP contribution in [-0.2, 0) is 16.0 Å². The van der Waals surface area contributed by atoms with Gasteiger partial charge in [-0.25, -0.2) is 4.99 Å². The lowest BCUT2D eigenvalue weighted by atomic mass is 9.79. The lowest BCUT2D eigenvalue weighted by Crippen LogP contribution is -2.38. The Hall–Kier alpha value is -3.54. The second-order valence-corrected chi connectivity index (χ2v) is 9.59. The van der Waals surface area contributed by atoms with Crippen LogP contribution in [0.3, 0.4) is 0 Å². The Morgan fingerprint density at radius 3 is 2.43 bits per heavy atom. The number of aryl methyl sites for hydroxylation is 1. The van der Waals surface area contributed by atoms with Crippen LogP contribution in [0.4, 0.5) is 11.4 Å². The number of hydrogen-bond acceptors (Lipinski definition) is 4. The number of benzene rings is 2. The van der Waals surface area contributed by atoms with Gasteiger partial charge in [0.05, 0.1) is 11.4 Å². The minimum Gasteiger partial charge on any atom is -0.322 e. The maximum Gasteiger partial charge on any atom is 0.251 e. The van der Waals surface area contributed by atoms with Crippen molar-refractivity contribution < 1.29 is 14.4 Å². The molecule has 0 spiro atoms. The summed E-state index contributed by atoms with van der Waals surface area (Å²) in [5, 5.41) is 5.89. The number of fused-ring (bicyclic) bond motifs is 1. The van der Waals surface area contributed by atoms with Crippen LogP contribution < -0.4 is 10.6 Å². The third kappa shape index (κ3) is 6.32. The van der Waals surface area contributed by atoms with Crippen LogP contribution in [0, 0.1) is 11.8 Å². The molecule has 0 saturated heterocycles. The van der Waals surface area contributed by atoms with Crippen LogP contribution in [0.1, 0.15) is 67.8 Å². The van der Waals surface area contributed by atoms with E-state index in [2.05, 4.69) is 28.3 Å². The minimum atomic E-state index is -0.249. The average Bonchev–Trinajstić information content (AvgIpc) is 2.87. The molecular formula is C29H33N3O3. The Kier molecular flexibility index (Phi) is 7.91. The molecule has 6 heteroatoms. The Morgan fingerprint density at radius 1 is 0.943 bits per heavy atom. The highest BCUT2D eigenvalue weighted by Gasteiger charge is 2.27. The summed E-state index contributed by atoms with van der Waals surface area (Å²) >= 11 is 0. The molecule has 0 radical (unpaired) electrons. The summed E-state index contributed by atoms with van der Waals surface area (Å²) in [6.07, 6.45) is 6.78. The summed E-state index contributed by atoms with van der Waals surface area (Å²) in [6.45, 7) is 5.44. The third-order valence-corrected chi connectivity index (χ3v) is 7.09. The molecular weight excluding hydrogens is 438 g/mol. The topological polar surface area (TPSA) is 87.6 Å². The maximum absolute atomic E-state index is 12.8. The molecule has 0 bridgehead atoms. The molecule has 2 aliphatic rings. The Labute approximate surface area is 206 Å².